The fraction of sp³-hybridized carbons (Fsp3) is 0.136. The molecule has 0 aliphatic heterocycles. The van der Waals surface area contributed by atoms with E-state index in [0.29, 0.717) is 11.3 Å². The van der Waals surface area contributed by atoms with Crippen LogP contribution in [0.15, 0.2) is 71.7 Å². The Morgan fingerprint density at radius 2 is 1.79 bits per heavy atom. The Bertz CT molecular complexity index is 1090. The van der Waals surface area contributed by atoms with E-state index in [2.05, 4.69) is 10.1 Å². The molecule has 1 amide bonds. The highest BCUT2D eigenvalue weighted by molar-refractivity contribution is 6.04. The van der Waals surface area contributed by atoms with Crippen molar-refractivity contribution in [1.82, 2.24) is 4.73 Å². The molecule has 2 aromatic carbocycles. The second-order valence-electron chi connectivity index (χ2n) is 6.34. The monoisotopic (exact) mass is 392 g/mol. The van der Waals surface area contributed by atoms with Gasteiger partial charge in [-0.05, 0) is 48.9 Å². The van der Waals surface area contributed by atoms with Crippen LogP contribution >= 0.6 is 0 Å². The Morgan fingerprint density at radius 3 is 2.48 bits per heavy atom. The minimum absolute atomic E-state index is 0.0613. The predicted octanol–water partition coefficient (Wildman–Crippen LogP) is 2.82. The van der Waals surface area contributed by atoms with Gasteiger partial charge in [0.05, 0.1) is 12.7 Å². The molecule has 3 aromatic rings. The van der Waals surface area contributed by atoms with Gasteiger partial charge in [-0.15, -0.1) is 0 Å². The zero-order chi connectivity index (χ0) is 20.8. The molecule has 0 spiro atoms. The van der Waals surface area contributed by atoms with Crippen LogP contribution in [0.25, 0.3) is 0 Å². The van der Waals surface area contributed by atoms with Crippen molar-refractivity contribution in [2.75, 3.05) is 12.4 Å². The van der Waals surface area contributed by atoms with E-state index in [1.807, 2.05) is 31.2 Å². The van der Waals surface area contributed by atoms with E-state index >= 15 is 0 Å². The summed E-state index contributed by atoms with van der Waals surface area (Å²) in [5.41, 5.74) is 2.18. The molecule has 1 heterocycles. The molecular weight excluding hydrogens is 372 g/mol. The van der Waals surface area contributed by atoms with Crippen LogP contribution in [-0.2, 0) is 11.3 Å². The lowest BCUT2D eigenvalue weighted by atomic mass is 10.1. The Hall–Kier alpha value is -3.87. The SMILES string of the molecule is COC(=O)c1ccc(NC(=O)c2cccn(OCc3cccc(C)c3)c2=O)cc1. The lowest BCUT2D eigenvalue weighted by Crippen LogP contribution is -2.32. The average molecular weight is 392 g/mol. The smallest absolute Gasteiger partial charge is 0.337 e. The lowest BCUT2D eigenvalue weighted by molar-refractivity contribution is 0.0600. The summed E-state index contributed by atoms with van der Waals surface area (Å²) >= 11 is 0. The highest BCUT2D eigenvalue weighted by Gasteiger charge is 2.14. The number of aryl methyl sites for hydroxylation is 1. The van der Waals surface area contributed by atoms with Crippen molar-refractivity contribution in [3.63, 3.8) is 0 Å². The summed E-state index contributed by atoms with van der Waals surface area (Å²) in [5.74, 6) is -1.05. The number of esters is 1. The van der Waals surface area contributed by atoms with E-state index in [4.69, 9.17) is 4.84 Å². The molecule has 148 valence electrons. The second-order valence-corrected chi connectivity index (χ2v) is 6.34. The molecule has 0 unspecified atom stereocenters. The maximum Gasteiger partial charge on any atom is 0.337 e. The first kappa shape index (κ1) is 19.9. The first-order chi connectivity index (χ1) is 14.0. The molecule has 0 atom stereocenters. The topological polar surface area (TPSA) is 86.6 Å². The molecule has 3 rings (SSSR count). The lowest BCUT2D eigenvalue weighted by Gasteiger charge is -2.11. The van der Waals surface area contributed by atoms with E-state index in [9.17, 15) is 14.4 Å². The number of nitrogens with one attached hydrogen (secondary N) is 1. The van der Waals surface area contributed by atoms with Crippen LogP contribution in [0.3, 0.4) is 0 Å². The Morgan fingerprint density at radius 1 is 1.03 bits per heavy atom. The Kier molecular flexibility index (Phi) is 6.09. The zero-order valence-electron chi connectivity index (χ0n) is 16.0. The third-order valence-electron chi connectivity index (χ3n) is 4.18. The van der Waals surface area contributed by atoms with E-state index in [0.717, 1.165) is 15.9 Å². The minimum atomic E-state index is -0.575. The van der Waals surface area contributed by atoms with Crippen LogP contribution in [0, 0.1) is 6.92 Å². The van der Waals surface area contributed by atoms with Gasteiger partial charge < -0.3 is 14.9 Å². The number of anilines is 1. The molecule has 0 aliphatic rings. The Labute approximate surface area is 167 Å². The number of rotatable bonds is 6. The molecule has 0 radical (unpaired) electrons. The summed E-state index contributed by atoms with van der Waals surface area (Å²) in [7, 11) is 1.29. The third-order valence-corrected chi connectivity index (χ3v) is 4.18. The first-order valence-corrected chi connectivity index (χ1v) is 8.88. The standard InChI is InChI=1S/C22H20N2O5/c1-15-5-3-6-16(13-15)14-29-24-12-4-7-19(21(24)26)20(25)23-18-10-8-17(9-11-18)22(27)28-2/h3-13H,14H2,1-2H3,(H,23,25). The van der Waals surface area contributed by atoms with Gasteiger partial charge in [-0.25, -0.2) is 4.79 Å². The fourth-order valence-electron chi connectivity index (χ4n) is 2.70. The quantitative estimate of drug-likeness (QED) is 0.652. The number of methoxy groups -OCH3 is 1. The Balaban J connectivity index is 1.72. The highest BCUT2D eigenvalue weighted by Crippen LogP contribution is 2.11. The van der Waals surface area contributed by atoms with Gasteiger partial charge in [-0.1, -0.05) is 29.8 Å². The maximum atomic E-state index is 12.6. The molecule has 1 aromatic heterocycles. The van der Waals surface area contributed by atoms with Crippen LogP contribution in [0.1, 0.15) is 31.8 Å². The van der Waals surface area contributed by atoms with Crippen LogP contribution in [-0.4, -0.2) is 23.7 Å². The van der Waals surface area contributed by atoms with Crippen molar-refractivity contribution in [1.29, 1.82) is 0 Å². The van der Waals surface area contributed by atoms with Crippen LogP contribution in [0.2, 0.25) is 0 Å². The maximum absolute atomic E-state index is 12.6. The van der Waals surface area contributed by atoms with E-state index in [1.165, 1.54) is 31.5 Å². The molecule has 7 nitrogen and oxygen atoms in total. The van der Waals surface area contributed by atoms with Crippen molar-refractivity contribution >= 4 is 17.6 Å². The van der Waals surface area contributed by atoms with Crippen LogP contribution in [0.4, 0.5) is 5.69 Å². The molecule has 1 N–H and O–H groups in total. The van der Waals surface area contributed by atoms with Crippen LogP contribution in [0.5, 0.6) is 0 Å². The van der Waals surface area contributed by atoms with Crippen molar-refractivity contribution in [3.8, 4) is 0 Å². The summed E-state index contributed by atoms with van der Waals surface area (Å²) in [5, 5.41) is 2.63. The molecule has 0 aliphatic carbocycles. The minimum Gasteiger partial charge on any atom is -0.465 e. The van der Waals surface area contributed by atoms with E-state index < -0.39 is 17.4 Å². The van der Waals surface area contributed by atoms with Gasteiger partial charge in [0.1, 0.15) is 12.2 Å². The van der Waals surface area contributed by atoms with Gasteiger partial charge in [0, 0.05) is 11.9 Å². The summed E-state index contributed by atoms with van der Waals surface area (Å²) in [6.45, 7) is 2.17. The number of pyridine rings is 1. The number of ether oxygens (including phenoxy) is 1. The third kappa shape index (κ3) is 4.90. The van der Waals surface area contributed by atoms with E-state index in [-0.39, 0.29) is 12.2 Å². The number of carbonyl (C=O) groups is 2. The number of amides is 1. The second kappa shape index (κ2) is 8.88. The largest absolute Gasteiger partial charge is 0.465 e. The summed E-state index contributed by atoms with van der Waals surface area (Å²) < 4.78 is 5.67. The van der Waals surface area contributed by atoms with Gasteiger partial charge in [-0.3, -0.25) is 9.59 Å². The van der Waals surface area contributed by atoms with E-state index in [1.54, 1.807) is 18.2 Å². The average Bonchev–Trinajstić information content (AvgIpc) is 2.73. The fourth-order valence-corrected chi connectivity index (χ4v) is 2.70. The molecule has 0 bridgehead atoms. The van der Waals surface area contributed by atoms with Crippen LogP contribution < -0.4 is 15.7 Å². The normalized spacial score (nSPS) is 10.3. The molecular formula is C22H20N2O5. The van der Waals surface area contributed by atoms with Gasteiger partial charge in [-0.2, -0.15) is 4.73 Å². The van der Waals surface area contributed by atoms with Gasteiger partial charge >= 0.3 is 5.97 Å². The number of hydrogen-bond acceptors (Lipinski definition) is 5. The summed E-state index contributed by atoms with van der Waals surface area (Å²) in [4.78, 5) is 42.1. The number of benzene rings is 2. The van der Waals surface area contributed by atoms with Crippen molar-refractivity contribution < 1.29 is 19.2 Å². The van der Waals surface area contributed by atoms with Gasteiger partial charge in [0.25, 0.3) is 11.5 Å². The van der Waals surface area contributed by atoms with Gasteiger partial charge in [0.2, 0.25) is 0 Å². The van der Waals surface area contributed by atoms with Crippen molar-refractivity contribution in [2.24, 2.45) is 0 Å². The molecule has 7 heteroatoms. The van der Waals surface area contributed by atoms with Gasteiger partial charge in [0.15, 0.2) is 0 Å². The zero-order valence-corrected chi connectivity index (χ0v) is 16.0. The highest BCUT2D eigenvalue weighted by atomic mass is 16.7. The summed E-state index contributed by atoms with van der Waals surface area (Å²) in [6.07, 6.45) is 1.46. The molecule has 0 saturated heterocycles. The molecule has 0 fully saturated rings. The number of aromatic nitrogens is 1. The van der Waals surface area contributed by atoms with Crippen molar-refractivity contribution in [2.45, 2.75) is 13.5 Å². The predicted molar refractivity (Wildman–Crippen MR) is 108 cm³/mol. The molecule has 29 heavy (non-hydrogen) atoms. The van der Waals surface area contributed by atoms with Crippen molar-refractivity contribution in [3.05, 3.63) is 99.5 Å². The molecule has 0 saturated carbocycles. The number of nitrogens with zero attached hydrogens (tertiary/aromatic N) is 1. The number of hydrogen-bond donors (Lipinski definition) is 1. The first-order valence-electron chi connectivity index (χ1n) is 8.88. The summed E-state index contributed by atoms with van der Waals surface area (Å²) in [6, 6.07) is 16.9. The number of carbonyl (C=O) groups excluding carboxylic acids is 2.